The highest BCUT2D eigenvalue weighted by atomic mass is 16.3. The Morgan fingerprint density at radius 1 is 1.07 bits per heavy atom. The summed E-state index contributed by atoms with van der Waals surface area (Å²) in [5, 5.41) is 13.9. The summed E-state index contributed by atoms with van der Waals surface area (Å²) in [6.07, 6.45) is 2.72. The fourth-order valence-corrected chi connectivity index (χ4v) is 3.84. The molecule has 0 spiro atoms. The molecule has 0 bridgehead atoms. The first kappa shape index (κ1) is 18.3. The molecule has 28 heavy (non-hydrogen) atoms. The van der Waals surface area contributed by atoms with E-state index in [-0.39, 0.29) is 29.8 Å². The number of pyridine rings is 1. The number of para-hydroxylation sites is 1. The number of fused-ring (bicyclic) bond motifs is 1. The fraction of sp³-hybridized carbons (Fsp3) is 0.261. The smallest absolute Gasteiger partial charge is 0.252 e. The van der Waals surface area contributed by atoms with Gasteiger partial charge in [-0.25, -0.2) is 0 Å². The van der Waals surface area contributed by atoms with Gasteiger partial charge < -0.3 is 10.4 Å². The number of Topliss-reactive ketones (excluding diaryl/α,β-unsaturated/α-hetero) is 1. The molecule has 1 aliphatic carbocycles. The van der Waals surface area contributed by atoms with Gasteiger partial charge in [-0.2, -0.15) is 0 Å². The molecule has 1 atom stereocenters. The molecule has 0 radical (unpaired) electrons. The van der Waals surface area contributed by atoms with Crippen molar-refractivity contribution in [1.82, 2.24) is 10.3 Å². The van der Waals surface area contributed by atoms with Crippen LogP contribution in [-0.2, 0) is 0 Å². The summed E-state index contributed by atoms with van der Waals surface area (Å²) in [7, 11) is 0. The number of nitrogens with zero attached hydrogens (tertiary/aromatic N) is 1. The Morgan fingerprint density at radius 2 is 1.75 bits per heavy atom. The minimum Gasteiger partial charge on any atom is -0.393 e. The van der Waals surface area contributed by atoms with Gasteiger partial charge in [0.2, 0.25) is 0 Å². The number of hydrogen-bond acceptors (Lipinski definition) is 4. The van der Waals surface area contributed by atoms with E-state index in [1.165, 1.54) is 6.92 Å². The van der Waals surface area contributed by atoms with Crippen molar-refractivity contribution in [1.29, 1.82) is 0 Å². The number of aliphatic hydroxyl groups excluding tert-OH is 1. The molecular weight excluding hydrogens is 352 g/mol. The Balaban J connectivity index is 1.67. The zero-order valence-electron chi connectivity index (χ0n) is 15.6. The maximum atomic E-state index is 13.0. The van der Waals surface area contributed by atoms with Crippen LogP contribution in [0.5, 0.6) is 0 Å². The van der Waals surface area contributed by atoms with Crippen molar-refractivity contribution >= 4 is 22.6 Å². The topological polar surface area (TPSA) is 79.3 Å². The minimum atomic E-state index is -0.331. The molecule has 5 nitrogen and oxygen atoms in total. The quantitative estimate of drug-likeness (QED) is 0.668. The van der Waals surface area contributed by atoms with E-state index in [9.17, 15) is 14.7 Å². The minimum absolute atomic E-state index is 0.131. The van der Waals surface area contributed by atoms with Crippen LogP contribution < -0.4 is 5.32 Å². The van der Waals surface area contributed by atoms with Crippen molar-refractivity contribution < 1.29 is 14.7 Å². The largest absolute Gasteiger partial charge is 0.393 e. The third kappa shape index (κ3) is 3.53. The number of aromatic nitrogens is 1. The summed E-state index contributed by atoms with van der Waals surface area (Å²) in [6.45, 7) is 1.46. The molecule has 0 unspecified atom stereocenters. The average molecular weight is 374 g/mol. The summed E-state index contributed by atoms with van der Waals surface area (Å²) < 4.78 is 0. The number of carbonyl (C=O) groups is 2. The molecule has 142 valence electrons. The SMILES string of the molecule is CC(=O)c1ccccc1C(=O)N[C@H](c1cnc2ccccc2c1)C1CC(O)C1. The fourth-order valence-electron chi connectivity index (χ4n) is 3.84. The second kappa shape index (κ2) is 7.52. The average Bonchev–Trinajstić information content (AvgIpc) is 2.69. The van der Waals surface area contributed by atoms with Crippen LogP contribution in [0.25, 0.3) is 10.9 Å². The maximum Gasteiger partial charge on any atom is 0.252 e. The number of carbonyl (C=O) groups excluding carboxylic acids is 2. The van der Waals surface area contributed by atoms with Crippen LogP contribution in [0.2, 0.25) is 0 Å². The lowest BCUT2D eigenvalue weighted by atomic mass is 9.75. The number of hydrogen-bond donors (Lipinski definition) is 2. The van der Waals surface area contributed by atoms with Gasteiger partial charge >= 0.3 is 0 Å². The van der Waals surface area contributed by atoms with Gasteiger partial charge in [-0.05, 0) is 49.4 Å². The van der Waals surface area contributed by atoms with E-state index < -0.39 is 0 Å². The van der Waals surface area contributed by atoms with E-state index in [0.717, 1.165) is 16.5 Å². The van der Waals surface area contributed by atoms with Gasteiger partial charge in [0, 0.05) is 17.1 Å². The molecule has 1 heterocycles. The van der Waals surface area contributed by atoms with Crippen LogP contribution in [0.1, 0.15) is 52.1 Å². The van der Waals surface area contributed by atoms with Crippen molar-refractivity contribution in [2.75, 3.05) is 0 Å². The lowest BCUT2D eigenvalue weighted by molar-refractivity contribution is 0.0235. The van der Waals surface area contributed by atoms with E-state index in [4.69, 9.17) is 0 Å². The second-order valence-corrected chi connectivity index (χ2v) is 7.40. The van der Waals surface area contributed by atoms with Gasteiger partial charge in [-0.15, -0.1) is 0 Å². The first-order valence-corrected chi connectivity index (χ1v) is 9.46. The maximum absolute atomic E-state index is 13.0. The van der Waals surface area contributed by atoms with Crippen LogP contribution >= 0.6 is 0 Å². The van der Waals surface area contributed by atoms with E-state index in [1.54, 1.807) is 30.5 Å². The number of ketones is 1. The molecule has 1 amide bonds. The Bertz CT molecular complexity index is 1040. The summed E-state index contributed by atoms with van der Waals surface area (Å²) in [4.78, 5) is 29.4. The van der Waals surface area contributed by atoms with Crippen molar-refractivity contribution in [2.24, 2.45) is 5.92 Å². The number of nitrogens with one attached hydrogen (secondary N) is 1. The van der Waals surface area contributed by atoms with E-state index >= 15 is 0 Å². The second-order valence-electron chi connectivity index (χ2n) is 7.40. The van der Waals surface area contributed by atoms with Crippen molar-refractivity contribution in [2.45, 2.75) is 31.9 Å². The predicted molar refractivity (Wildman–Crippen MR) is 107 cm³/mol. The summed E-state index contributed by atoms with van der Waals surface area (Å²) >= 11 is 0. The standard InChI is InChI=1S/C23H22N2O3/c1-14(26)19-7-3-4-8-20(19)23(28)25-22(16-11-18(27)12-16)17-10-15-6-2-5-9-21(15)24-13-17/h2-10,13,16,18,22,27H,11-12H2,1H3,(H,25,28)/t16?,18?,22-/m0/s1. The highest BCUT2D eigenvalue weighted by Crippen LogP contribution is 2.38. The molecule has 5 heteroatoms. The van der Waals surface area contributed by atoms with Gasteiger partial charge in [0.25, 0.3) is 5.91 Å². The van der Waals surface area contributed by atoms with Crippen molar-refractivity contribution in [3.8, 4) is 0 Å². The van der Waals surface area contributed by atoms with Crippen LogP contribution in [0, 0.1) is 5.92 Å². The van der Waals surface area contributed by atoms with Gasteiger partial charge in [0.05, 0.1) is 23.2 Å². The molecule has 0 saturated heterocycles. The van der Waals surface area contributed by atoms with Gasteiger partial charge in [0.15, 0.2) is 5.78 Å². The Hall–Kier alpha value is -3.05. The molecule has 3 aromatic rings. The molecule has 1 saturated carbocycles. The summed E-state index contributed by atoms with van der Waals surface area (Å²) in [5.41, 5.74) is 2.58. The third-order valence-corrected chi connectivity index (χ3v) is 5.43. The lowest BCUT2D eigenvalue weighted by Crippen LogP contribution is -2.41. The highest BCUT2D eigenvalue weighted by Gasteiger charge is 2.36. The lowest BCUT2D eigenvalue weighted by Gasteiger charge is -2.38. The van der Waals surface area contributed by atoms with Crippen LogP contribution in [0.4, 0.5) is 0 Å². The number of amides is 1. The van der Waals surface area contributed by atoms with E-state index in [0.29, 0.717) is 24.0 Å². The monoisotopic (exact) mass is 374 g/mol. The molecule has 1 aromatic heterocycles. The number of rotatable bonds is 5. The Labute approximate surface area is 163 Å². The molecule has 2 aromatic carbocycles. The predicted octanol–water partition coefficient (Wildman–Crippen LogP) is 3.68. The summed E-state index contributed by atoms with van der Waals surface area (Å²) in [6, 6.07) is 16.4. The highest BCUT2D eigenvalue weighted by molar-refractivity contribution is 6.07. The van der Waals surface area contributed by atoms with Gasteiger partial charge in [-0.1, -0.05) is 36.4 Å². The molecule has 1 fully saturated rings. The molecule has 0 aliphatic heterocycles. The molecule has 4 rings (SSSR count). The zero-order valence-corrected chi connectivity index (χ0v) is 15.6. The molecular formula is C23H22N2O3. The van der Waals surface area contributed by atoms with Gasteiger partial charge in [-0.3, -0.25) is 14.6 Å². The molecule has 2 N–H and O–H groups in total. The van der Waals surface area contributed by atoms with Crippen LogP contribution in [-0.4, -0.2) is 27.9 Å². The molecule has 1 aliphatic rings. The summed E-state index contributed by atoms with van der Waals surface area (Å²) in [5.74, 6) is -0.300. The first-order chi connectivity index (χ1) is 13.5. The van der Waals surface area contributed by atoms with Gasteiger partial charge in [0.1, 0.15) is 0 Å². The zero-order chi connectivity index (χ0) is 19.7. The number of aliphatic hydroxyl groups is 1. The van der Waals surface area contributed by atoms with E-state index in [2.05, 4.69) is 10.3 Å². The Morgan fingerprint density at radius 3 is 2.46 bits per heavy atom. The Kier molecular flexibility index (Phi) is 4.92. The third-order valence-electron chi connectivity index (χ3n) is 5.43. The normalized spacial score (nSPS) is 19.6. The first-order valence-electron chi connectivity index (χ1n) is 9.46. The van der Waals surface area contributed by atoms with E-state index in [1.807, 2.05) is 30.3 Å². The van der Waals surface area contributed by atoms with Crippen molar-refractivity contribution in [3.05, 3.63) is 77.5 Å². The van der Waals surface area contributed by atoms with Crippen LogP contribution in [0.15, 0.2) is 60.8 Å². The number of benzene rings is 2. The van der Waals surface area contributed by atoms with Crippen LogP contribution in [0.3, 0.4) is 0 Å². The van der Waals surface area contributed by atoms with Crippen molar-refractivity contribution in [3.63, 3.8) is 0 Å².